The lowest BCUT2D eigenvalue weighted by molar-refractivity contribution is 0.336. The van der Waals surface area contributed by atoms with Gasteiger partial charge in [0.15, 0.2) is 5.82 Å². The molecule has 0 bridgehead atoms. The van der Waals surface area contributed by atoms with Gasteiger partial charge in [-0.25, -0.2) is 19.3 Å². The average Bonchev–Trinajstić information content (AvgIpc) is 2.97. The maximum Gasteiger partial charge on any atom is 0.347 e. The van der Waals surface area contributed by atoms with Crippen LogP contribution in [0, 0.1) is 0 Å². The first kappa shape index (κ1) is 18.0. The maximum absolute atomic E-state index is 12.0. The van der Waals surface area contributed by atoms with Gasteiger partial charge in [0, 0.05) is 18.2 Å². The first-order valence-corrected chi connectivity index (χ1v) is 8.83. The van der Waals surface area contributed by atoms with E-state index >= 15 is 0 Å². The van der Waals surface area contributed by atoms with Gasteiger partial charge < -0.3 is 10.1 Å². The molecule has 3 rings (SSSR count). The van der Waals surface area contributed by atoms with Gasteiger partial charge in [0.05, 0.1) is 12.3 Å². The van der Waals surface area contributed by atoms with Gasteiger partial charge in [-0.3, -0.25) is 0 Å². The minimum atomic E-state index is -0.266. The molecule has 0 aliphatic heterocycles. The van der Waals surface area contributed by atoms with Crippen LogP contribution < -0.4 is 15.7 Å². The Labute approximate surface area is 152 Å². The molecule has 0 atom stereocenters. The molecular weight excluding hydrogens is 330 g/mol. The van der Waals surface area contributed by atoms with Gasteiger partial charge in [-0.15, -0.1) is 5.10 Å². The third-order valence-corrected chi connectivity index (χ3v) is 4.13. The first-order chi connectivity index (χ1) is 12.4. The molecule has 0 aliphatic rings. The molecule has 0 saturated heterocycles. The zero-order valence-corrected chi connectivity index (χ0v) is 15.7. The Kier molecular flexibility index (Phi) is 4.97. The van der Waals surface area contributed by atoms with Gasteiger partial charge in [-0.1, -0.05) is 39.0 Å². The van der Waals surface area contributed by atoms with Crippen LogP contribution in [-0.2, 0) is 11.8 Å². The van der Waals surface area contributed by atoms with Crippen LogP contribution in [-0.4, -0.2) is 32.7 Å². The number of hydrogen-bond donors (Lipinski definition) is 2. The Morgan fingerprint density at radius 2 is 2.04 bits per heavy atom. The molecule has 0 saturated carbocycles. The van der Waals surface area contributed by atoms with E-state index in [0.717, 1.165) is 23.4 Å². The van der Waals surface area contributed by atoms with E-state index in [1.54, 1.807) is 6.20 Å². The normalized spacial score (nSPS) is 11.7. The number of para-hydroxylation sites is 1. The molecule has 3 aromatic rings. The predicted molar refractivity (Wildman–Crippen MR) is 102 cm³/mol. The van der Waals surface area contributed by atoms with E-state index in [0.29, 0.717) is 24.6 Å². The van der Waals surface area contributed by atoms with E-state index in [9.17, 15) is 4.79 Å². The summed E-state index contributed by atoms with van der Waals surface area (Å²) < 4.78 is 7.17. The topological polar surface area (TPSA) is 84.3 Å². The average molecular weight is 355 g/mol. The van der Waals surface area contributed by atoms with E-state index in [-0.39, 0.29) is 11.1 Å². The van der Waals surface area contributed by atoms with Crippen molar-refractivity contribution in [2.75, 3.05) is 18.5 Å². The Morgan fingerprint density at radius 1 is 1.27 bits per heavy atom. The summed E-state index contributed by atoms with van der Waals surface area (Å²) in [7, 11) is 0. The number of aromatic nitrogens is 4. The quantitative estimate of drug-likeness (QED) is 0.710. The zero-order valence-electron chi connectivity index (χ0n) is 15.7. The lowest BCUT2D eigenvalue weighted by atomic mass is 9.93. The second kappa shape index (κ2) is 7.19. The molecule has 2 aromatic heterocycles. The molecule has 0 fully saturated rings. The minimum Gasteiger partial charge on any atom is -0.494 e. The summed E-state index contributed by atoms with van der Waals surface area (Å²) in [5.41, 5.74) is 2.01. The van der Waals surface area contributed by atoms with Crippen LogP contribution in [0.25, 0.3) is 5.65 Å². The van der Waals surface area contributed by atoms with Crippen molar-refractivity contribution in [3.05, 3.63) is 52.2 Å². The number of aromatic amines is 1. The number of rotatable bonds is 6. The van der Waals surface area contributed by atoms with Crippen molar-refractivity contribution < 1.29 is 4.74 Å². The summed E-state index contributed by atoms with van der Waals surface area (Å²) in [4.78, 5) is 16.7. The van der Waals surface area contributed by atoms with Crippen molar-refractivity contribution in [3.8, 4) is 5.75 Å². The number of ether oxygens (including phenoxy) is 1. The minimum absolute atomic E-state index is 0.178. The number of anilines is 1. The van der Waals surface area contributed by atoms with Crippen molar-refractivity contribution in [1.82, 2.24) is 19.6 Å². The van der Waals surface area contributed by atoms with Crippen molar-refractivity contribution in [3.63, 3.8) is 0 Å². The van der Waals surface area contributed by atoms with Crippen LogP contribution in [0.15, 0.2) is 35.3 Å². The fourth-order valence-corrected chi connectivity index (χ4v) is 2.72. The van der Waals surface area contributed by atoms with E-state index in [2.05, 4.69) is 42.4 Å². The molecule has 138 valence electrons. The van der Waals surface area contributed by atoms with Crippen LogP contribution in [0.1, 0.15) is 39.0 Å². The van der Waals surface area contributed by atoms with Gasteiger partial charge in [-0.05, 0) is 25.0 Å². The van der Waals surface area contributed by atoms with Crippen molar-refractivity contribution in [2.24, 2.45) is 0 Å². The fourth-order valence-electron chi connectivity index (χ4n) is 2.72. The van der Waals surface area contributed by atoms with Gasteiger partial charge in [0.1, 0.15) is 5.75 Å². The predicted octanol–water partition coefficient (Wildman–Crippen LogP) is 2.77. The second-order valence-corrected chi connectivity index (χ2v) is 7.16. The van der Waals surface area contributed by atoms with Gasteiger partial charge in [0.25, 0.3) is 0 Å². The van der Waals surface area contributed by atoms with Gasteiger partial charge >= 0.3 is 5.69 Å². The van der Waals surface area contributed by atoms with Crippen LogP contribution >= 0.6 is 0 Å². The molecule has 7 heteroatoms. The largest absolute Gasteiger partial charge is 0.494 e. The molecule has 0 amide bonds. The summed E-state index contributed by atoms with van der Waals surface area (Å²) >= 11 is 0. The van der Waals surface area contributed by atoms with Crippen molar-refractivity contribution >= 4 is 11.5 Å². The summed E-state index contributed by atoms with van der Waals surface area (Å²) in [6, 6.07) is 8.00. The Balaban J connectivity index is 1.84. The van der Waals surface area contributed by atoms with Crippen molar-refractivity contribution in [1.29, 1.82) is 0 Å². The van der Waals surface area contributed by atoms with E-state index in [1.165, 1.54) is 4.40 Å². The highest BCUT2D eigenvalue weighted by Crippen LogP contribution is 2.23. The number of fused-ring (bicyclic) bond motifs is 1. The summed E-state index contributed by atoms with van der Waals surface area (Å²) in [6.45, 7) is 9.46. The highest BCUT2D eigenvalue weighted by atomic mass is 16.5. The summed E-state index contributed by atoms with van der Waals surface area (Å²) in [5.74, 6) is 1.50. The molecular formula is C19H25N5O2. The smallest absolute Gasteiger partial charge is 0.347 e. The third-order valence-electron chi connectivity index (χ3n) is 4.13. The fraction of sp³-hybridized carbons (Fsp3) is 0.421. The van der Waals surface area contributed by atoms with E-state index in [1.807, 2.05) is 25.1 Å². The molecule has 2 N–H and O–H groups in total. The van der Waals surface area contributed by atoms with Crippen LogP contribution in [0.2, 0.25) is 0 Å². The Bertz CT molecular complexity index is 952. The van der Waals surface area contributed by atoms with E-state index in [4.69, 9.17) is 9.72 Å². The number of H-pyrrole nitrogens is 1. The van der Waals surface area contributed by atoms with Crippen LogP contribution in [0.3, 0.4) is 0 Å². The van der Waals surface area contributed by atoms with Crippen LogP contribution in [0.5, 0.6) is 5.75 Å². The Hall–Kier alpha value is -2.83. The number of nitrogens with zero attached hydrogens (tertiary/aromatic N) is 3. The van der Waals surface area contributed by atoms with Gasteiger partial charge in [-0.2, -0.15) is 0 Å². The maximum atomic E-state index is 12.0. The molecule has 0 radical (unpaired) electrons. The van der Waals surface area contributed by atoms with Gasteiger partial charge in [0.2, 0.25) is 5.65 Å². The highest BCUT2D eigenvalue weighted by molar-refractivity contribution is 5.62. The standard InChI is InChI=1S/C19H25N5O2/c1-5-26-14-9-7-6-8-13(14)10-11-20-16-17-22-23-18(25)24(17)12-15(21-16)19(2,3)4/h6-9,12H,5,10-11H2,1-4H3,(H,20,21)(H,23,25). The third kappa shape index (κ3) is 3.71. The summed E-state index contributed by atoms with van der Waals surface area (Å²) in [6.07, 6.45) is 2.52. The lowest BCUT2D eigenvalue weighted by Crippen LogP contribution is -2.20. The molecule has 2 heterocycles. The molecule has 26 heavy (non-hydrogen) atoms. The number of hydrogen-bond acceptors (Lipinski definition) is 5. The summed E-state index contributed by atoms with van der Waals surface area (Å²) in [5, 5.41) is 9.90. The van der Waals surface area contributed by atoms with Crippen LogP contribution in [0.4, 0.5) is 5.82 Å². The number of nitrogens with one attached hydrogen (secondary N) is 2. The number of benzene rings is 1. The monoisotopic (exact) mass is 355 g/mol. The molecule has 1 aromatic carbocycles. The highest BCUT2D eigenvalue weighted by Gasteiger charge is 2.20. The van der Waals surface area contributed by atoms with E-state index < -0.39 is 0 Å². The molecule has 0 aliphatic carbocycles. The zero-order chi connectivity index (χ0) is 18.7. The lowest BCUT2D eigenvalue weighted by Gasteiger charge is -2.19. The van der Waals surface area contributed by atoms with Crippen molar-refractivity contribution in [2.45, 2.75) is 39.5 Å². The Morgan fingerprint density at radius 3 is 2.77 bits per heavy atom. The first-order valence-electron chi connectivity index (χ1n) is 8.83. The molecule has 7 nitrogen and oxygen atoms in total. The molecule has 0 unspecified atom stereocenters. The second-order valence-electron chi connectivity index (χ2n) is 7.16. The molecule has 0 spiro atoms. The SMILES string of the molecule is CCOc1ccccc1CCNc1nc(C(C)(C)C)cn2c(=O)[nH]nc12.